The number of aromatic nitrogens is 2. The van der Waals surface area contributed by atoms with Gasteiger partial charge in [-0.1, -0.05) is 71.3 Å². The van der Waals surface area contributed by atoms with Gasteiger partial charge in [-0.15, -0.1) is 0 Å². The van der Waals surface area contributed by atoms with Crippen LogP contribution in [0.5, 0.6) is 0 Å². The van der Waals surface area contributed by atoms with Crippen LogP contribution in [0.25, 0.3) is 11.0 Å². The van der Waals surface area contributed by atoms with Crippen LogP contribution in [0.1, 0.15) is 89.4 Å². The van der Waals surface area contributed by atoms with Gasteiger partial charge in [-0.25, -0.2) is 4.98 Å². The summed E-state index contributed by atoms with van der Waals surface area (Å²) in [7, 11) is 0. The predicted molar refractivity (Wildman–Crippen MR) is 101 cm³/mol. The van der Waals surface area contributed by atoms with Crippen LogP contribution in [0.2, 0.25) is 0 Å². The Morgan fingerprint density at radius 2 is 1.48 bits per heavy atom. The van der Waals surface area contributed by atoms with Crippen molar-refractivity contribution in [2.45, 2.75) is 90.9 Å². The first kappa shape index (κ1) is 18.0. The van der Waals surface area contributed by atoms with Crippen LogP contribution < -0.4 is 0 Å². The first-order valence-corrected chi connectivity index (χ1v) is 9.81. The van der Waals surface area contributed by atoms with E-state index < -0.39 is 0 Å². The van der Waals surface area contributed by atoms with Gasteiger partial charge in [0, 0.05) is 6.42 Å². The highest BCUT2D eigenvalue weighted by Crippen LogP contribution is 2.17. The second-order valence-electron chi connectivity index (χ2n) is 6.86. The van der Waals surface area contributed by atoms with Gasteiger partial charge in [0.15, 0.2) is 0 Å². The van der Waals surface area contributed by atoms with Gasteiger partial charge in [-0.2, -0.15) is 0 Å². The maximum Gasteiger partial charge on any atom is 0.107 e. The molecule has 0 bridgehead atoms. The number of H-pyrrole nitrogens is 1. The number of aryl methyl sites for hydroxylation is 2. The normalized spacial score (nSPS) is 11.4. The highest BCUT2D eigenvalue weighted by atomic mass is 14.9. The van der Waals surface area contributed by atoms with Crippen molar-refractivity contribution in [3.8, 4) is 0 Å². The summed E-state index contributed by atoms with van der Waals surface area (Å²) in [5.74, 6) is 1.14. The maximum absolute atomic E-state index is 4.68. The molecular formula is C21H34N2. The van der Waals surface area contributed by atoms with Gasteiger partial charge in [0.25, 0.3) is 0 Å². The van der Waals surface area contributed by atoms with E-state index in [-0.39, 0.29) is 0 Å². The fraction of sp³-hybridized carbons (Fsp3) is 0.667. The van der Waals surface area contributed by atoms with Crippen molar-refractivity contribution in [1.29, 1.82) is 0 Å². The number of fused-ring (bicyclic) bond motifs is 1. The van der Waals surface area contributed by atoms with Gasteiger partial charge in [0.05, 0.1) is 11.0 Å². The summed E-state index contributed by atoms with van der Waals surface area (Å²) in [6.45, 7) is 4.51. The molecule has 0 saturated heterocycles. The molecule has 0 aliphatic carbocycles. The average Bonchev–Trinajstić information content (AvgIpc) is 2.97. The molecule has 0 amide bonds. The molecule has 1 heterocycles. The zero-order valence-electron chi connectivity index (χ0n) is 15.2. The fourth-order valence-electron chi connectivity index (χ4n) is 3.19. The topological polar surface area (TPSA) is 28.7 Å². The summed E-state index contributed by atoms with van der Waals surface area (Å²) in [6.07, 6.45) is 15.8. The molecule has 0 aliphatic rings. The Bertz CT molecular complexity index is 556. The Morgan fingerprint density at radius 1 is 0.783 bits per heavy atom. The molecule has 2 aromatic rings. The van der Waals surface area contributed by atoms with Crippen LogP contribution in [0.4, 0.5) is 0 Å². The average molecular weight is 315 g/mol. The molecule has 2 rings (SSSR count). The van der Waals surface area contributed by atoms with E-state index in [1.54, 1.807) is 0 Å². The van der Waals surface area contributed by atoms with Crippen LogP contribution in [-0.2, 0) is 12.8 Å². The van der Waals surface area contributed by atoms with E-state index in [1.807, 2.05) is 0 Å². The molecule has 0 radical (unpaired) electrons. The quantitative estimate of drug-likeness (QED) is 0.440. The number of nitrogens with zero attached hydrogens (tertiary/aromatic N) is 1. The van der Waals surface area contributed by atoms with E-state index in [1.165, 1.54) is 81.7 Å². The lowest BCUT2D eigenvalue weighted by Crippen LogP contribution is -1.87. The molecule has 128 valence electrons. The number of hydrogen-bond donors (Lipinski definition) is 1. The Labute approximate surface area is 142 Å². The number of rotatable bonds is 12. The monoisotopic (exact) mass is 314 g/mol. The third-order valence-electron chi connectivity index (χ3n) is 4.68. The van der Waals surface area contributed by atoms with E-state index in [9.17, 15) is 0 Å². The van der Waals surface area contributed by atoms with E-state index in [2.05, 4.69) is 42.0 Å². The van der Waals surface area contributed by atoms with Gasteiger partial charge < -0.3 is 4.98 Å². The van der Waals surface area contributed by atoms with Crippen molar-refractivity contribution < 1.29 is 0 Å². The minimum absolute atomic E-state index is 1.07. The lowest BCUT2D eigenvalue weighted by atomic mass is 10.0. The van der Waals surface area contributed by atoms with Crippen molar-refractivity contribution in [3.63, 3.8) is 0 Å². The smallest absolute Gasteiger partial charge is 0.107 e. The number of imidazole rings is 1. The van der Waals surface area contributed by atoms with E-state index in [0.717, 1.165) is 17.8 Å². The van der Waals surface area contributed by atoms with Crippen molar-refractivity contribution in [3.05, 3.63) is 29.6 Å². The molecule has 0 atom stereocenters. The Balaban J connectivity index is 1.71. The highest BCUT2D eigenvalue weighted by Gasteiger charge is 2.03. The van der Waals surface area contributed by atoms with Crippen molar-refractivity contribution in [1.82, 2.24) is 9.97 Å². The summed E-state index contributed by atoms with van der Waals surface area (Å²) < 4.78 is 0. The third-order valence-corrected chi connectivity index (χ3v) is 4.68. The third kappa shape index (κ3) is 6.37. The van der Waals surface area contributed by atoms with Gasteiger partial charge >= 0.3 is 0 Å². The zero-order chi connectivity index (χ0) is 16.3. The lowest BCUT2D eigenvalue weighted by molar-refractivity contribution is 0.575. The molecular weight excluding hydrogens is 280 g/mol. The molecule has 2 heteroatoms. The SMILES string of the molecule is CCCCCCCCCCc1ccc2nc(CCCC)[nH]c2c1. The van der Waals surface area contributed by atoms with Crippen molar-refractivity contribution >= 4 is 11.0 Å². The maximum atomic E-state index is 4.68. The Kier molecular flexibility index (Phi) is 8.20. The zero-order valence-corrected chi connectivity index (χ0v) is 15.2. The fourth-order valence-corrected chi connectivity index (χ4v) is 3.19. The number of hydrogen-bond acceptors (Lipinski definition) is 1. The van der Waals surface area contributed by atoms with Crippen LogP contribution >= 0.6 is 0 Å². The minimum atomic E-state index is 1.07. The standard InChI is InChI=1S/C21H34N2/c1-3-5-7-8-9-10-11-12-13-18-15-16-19-20(17-18)23-21(22-19)14-6-4-2/h15-17H,3-14H2,1-2H3,(H,22,23). The van der Waals surface area contributed by atoms with Crippen molar-refractivity contribution in [2.75, 3.05) is 0 Å². The van der Waals surface area contributed by atoms with Crippen LogP contribution in [-0.4, -0.2) is 9.97 Å². The predicted octanol–water partition coefficient (Wildman–Crippen LogP) is 6.59. The van der Waals surface area contributed by atoms with Gasteiger partial charge in [0.1, 0.15) is 5.82 Å². The molecule has 23 heavy (non-hydrogen) atoms. The highest BCUT2D eigenvalue weighted by molar-refractivity contribution is 5.75. The van der Waals surface area contributed by atoms with Gasteiger partial charge in [-0.05, 0) is 37.0 Å². The molecule has 0 unspecified atom stereocenters. The molecule has 0 spiro atoms. The number of unbranched alkanes of at least 4 members (excludes halogenated alkanes) is 8. The van der Waals surface area contributed by atoms with Crippen LogP contribution in [0.3, 0.4) is 0 Å². The van der Waals surface area contributed by atoms with Crippen molar-refractivity contribution in [2.24, 2.45) is 0 Å². The second-order valence-corrected chi connectivity index (χ2v) is 6.86. The van der Waals surface area contributed by atoms with E-state index >= 15 is 0 Å². The second kappa shape index (κ2) is 10.5. The number of benzene rings is 1. The molecule has 1 N–H and O–H groups in total. The minimum Gasteiger partial charge on any atom is -0.342 e. The largest absolute Gasteiger partial charge is 0.342 e. The number of aromatic amines is 1. The summed E-state index contributed by atoms with van der Waals surface area (Å²) in [4.78, 5) is 8.17. The molecule has 0 aliphatic heterocycles. The summed E-state index contributed by atoms with van der Waals surface area (Å²) in [5, 5.41) is 0. The van der Waals surface area contributed by atoms with Gasteiger partial charge in [0.2, 0.25) is 0 Å². The first-order valence-electron chi connectivity index (χ1n) is 9.81. The molecule has 1 aromatic heterocycles. The summed E-state index contributed by atoms with van der Waals surface area (Å²) >= 11 is 0. The first-order chi connectivity index (χ1) is 11.3. The Hall–Kier alpha value is -1.31. The number of nitrogens with one attached hydrogen (secondary N) is 1. The molecule has 0 saturated carbocycles. The summed E-state index contributed by atoms with van der Waals surface area (Å²) in [5.41, 5.74) is 3.79. The molecule has 2 nitrogen and oxygen atoms in total. The van der Waals surface area contributed by atoms with E-state index in [0.29, 0.717) is 0 Å². The summed E-state index contributed by atoms with van der Waals surface area (Å²) in [6, 6.07) is 6.74. The van der Waals surface area contributed by atoms with Gasteiger partial charge in [-0.3, -0.25) is 0 Å². The van der Waals surface area contributed by atoms with Crippen LogP contribution in [0.15, 0.2) is 18.2 Å². The lowest BCUT2D eigenvalue weighted by Gasteiger charge is -2.03. The van der Waals surface area contributed by atoms with E-state index in [4.69, 9.17) is 0 Å². The Morgan fingerprint density at radius 3 is 2.22 bits per heavy atom. The molecule has 1 aromatic carbocycles. The molecule has 0 fully saturated rings. The van der Waals surface area contributed by atoms with Crippen LogP contribution in [0, 0.1) is 0 Å².